The predicted octanol–water partition coefficient (Wildman–Crippen LogP) is 2.21. The van der Waals surface area contributed by atoms with Crippen molar-refractivity contribution in [3.63, 3.8) is 0 Å². The molecule has 0 aliphatic heterocycles. The Hall–Kier alpha value is -2.17. The van der Waals surface area contributed by atoms with Crippen molar-refractivity contribution in [1.82, 2.24) is 0 Å². The number of benzene rings is 2. The van der Waals surface area contributed by atoms with Crippen LogP contribution in [0.1, 0.15) is 23.6 Å². The van der Waals surface area contributed by atoms with Crippen LogP contribution in [-0.2, 0) is 11.4 Å². The third kappa shape index (κ3) is 3.91. The zero-order chi connectivity index (χ0) is 14.4. The largest absolute Gasteiger partial charge is 0.392 e. The molecule has 0 bridgehead atoms. The molecule has 4 N–H and O–H groups in total. The molecule has 2 aromatic rings. The first kappa shape index (κ1) is 14.2. The van der Waals surface area contributed by atoms with Crippen LogP contribution in [0.4, 0.5) is 5.69 Å². The second kappa shape index (κ2) is 6.84. The number of nitrogens with two attached hydrogens (primary N) is 1. The molecule has 1 atom stereocenters. The van der Waals surface area contributed by atoms with Gasteiger partial charge in [0.1, 0.15) is 0 Å². The maximum absolute atomic E-state index is 11.9. The number of carbonyl (C=O) groups excluding carboxylic acids is 1. The summed E-state index contributed by atoms with van der Waals surface area (Å²) in [6.45, 7) is -0.00684. The number of nitrogens with one attached hydrogen (secondary N) is 1. The van der Waals surface area contributed by atoms with Gasteiger partial charge in [-0.15, -0.1) is 0 Å². The lowest BCUT2D eigenvalue weighted by Crippen LogP contribution is -2.20. The number of hydrogen-bond acceptors (Lipinski definition) is 3. The van der Waals surface area contributed by atoms with E-state index < -0.39 is 0 Å². The van der Waals surface area contributed by atoms with E-state index >= 15 is 0 Å². The number of rotatable bonds is 5. The molecule has 1 amide bonds. The molecule has 0 saturated heterocycles. The lowest BCUT2D eigenvalue weighted by atomic mass is 10.0. The zero-order valence-corrected chi connectivity index (χ0v) is 11.1. The van der Waals surface area contributed by atoms with Crippen LogP contribution >= 0.6 is 0 Å². The van der Waals surface area contributed by atoms with Crippen LogP contribution in [0.5, 0.6) is 0 Å². The lowest BCUT2D eigenvalue weighted by molar-refractivity contribution is -0.116. The van der Waals surface area contributed by atoms with Gasteiger partial charge in [0, 0.05) is 18.2 Å². The van der Waals surface area contributed by atoms with Crippen molar-refractivity contribution >= 4 is 11.6 Å². The van der Waals surface area contributed by atoms with Gasteiger partial charge < -0.3 is 16.2 Å². The predicted molar refractivity (Wildman–Crippen MR) is 79.0 cm³/mol. The van der Waals surface area contributed by atoms with E-state index in [0.29, 0.717) is 5.69 Å². The molecule has 2 aromatic carbocycles. The SMILES string of the molecule is NC(CC(=O)Nc1ccc(CO)cc1)c1ccccc1. The third-order valence-electron chi connectivity index (χ3n) is 3.05. The first-order valence-electron chi connectivity index (χ1n) is 6.49. The molecular formula is C16H18N2O2. The van der Waals surface area contributed by atoms with Gasteiger partial charge in [-0.25, -0.2) is 0 Å². The molecule has 1 unspecified atom stereocenters. The summed E-state index contributed by atoms with van der Waals surface area (Å²) in [5, 5.41) is 11.7. The third-order valence-corrected chi connectivity index (χ3v) is 3.05. The quantitative estimate of drug-likeness (QED) is 0.779. The summed E-state index contributed by atoms with van der Waals surface area (Å²) in [6.07, 6.45) is 0.228. The van der Waals surface area contributed by atoms with Gasteiger partial charge in [0.05, 0.1) is 6.61 Å². The van der Waals surface area contributed by atoms with Gasteiger partial charge >= 0.3 is 0 Å². The molecule has 0 heterocycles. The molecule has 0 aliphatic carbocycles. The Balaban J connectivity index is 1.91. The topological polar surface area (TPSA) is 75.4 Å². The number of aliphatic hydroxyl groups excluding tert-OH is 1. The van der Waals surface area contributed by atoms with E-state index in [9.17, 15) is 4.79 Å². The van der Waals surface area contributed by atoms with E-state index in [4.69, 9.17) is 10.8 Å². The Morgan fingerprint density at radius 3 is 2.35 bits per heavy atom. The minimum atomic E-state index is -0.312. The zero-order valence-electron chi connectivity index (χ0n) is 11.1. The van der Waals surface area contributed by atoms with Crippen molar-refractivity contribution in [1.29, 1.82) is 0 Å². The van der Waals surface area contributed by atoms with Gasteiger partial charge in [0.15, 0.2) is 0 Å². The van der Waals surface area contributed by atoms with E-state index in [-0.39, 0.29) is 25.0 Å². The van der Waals surface area contributed by atoms with Gasteiger partial charge in [-0.2, -0.15) is 0 Å². The molecular weight excluding hydrogens is 252 g/mol. The van der Waals surface area contributed by atoms with Gasteiger partial charge in [-0.1, -0.05) is 42.5 Å². The Kier molecular flexibility index (Phi) is 4.87. The average molecular weight is 270 g/mol. The number of aliphatic hydroxyl groups is 1. The van der Waals surface area contributed by atoms with E-state index in [1.54, 1.807) is 24.3 Å². The van der Waals surface area contributed by atoms with E-state index in [1.807, 2.05) is 30.3 Å². The number of carbonyl (C=O) groups is 1. The maximum atomic E-state index is 11.9. The number of anilines is 1. The summed E-state index contributed by atoms with van der Waals surface area (Å²) < 4.78 is 0. The van der Waals surface area contributed by atoms with Crippen LogP contribution in [-0.4, -0.2) is 11.0 Å². The van der Waals surface area contributed by atoms with Crippen molar-refractivity contribution < 1.29 is 9.90 Å². The normalized spacial score (nSPS) is 11.9. The average Bonchev–Trinajstić information content (AvgIpc) is 2.49. The summed E-state index contributed by atoms with van der Waals surface area (Å²) in [7, 11) is 0. The van der Waals surface area contributed by atoms with Gasteiger partial charge in [0.25, 0.3) is 0 Å². The lowest BCUT2D eigenvalue weighted by Gasteiger charge is -2.12. The number of amides is 1. The molecule has 0 aromatic heterocycles. The molecule has 0 radical (unpaired) electrons. The molecule has 0 spiro atoms. The van der Waals surface area contributed by atoms with Gasteiger partial charge in [-0.3, -0.25) is 4.79 Å². The fraction of sp³-hybridized carbons (Fsp3) is 0.188. The standard InChI is InChI=1S/C16H18N2O2/c17-15(13-4-2-1-3-5-13)10-16(20)18-14-8-6-12(11-19)7-9-14/h1-9,15,19H,10-11,17H2,(H,18,20). The second-order valence-corrected chi connectivity index (χ2v) is 4.62. The van der Waals surface area contributed by atoms with Crippen LogP contribution in [0.3, 0.4) is 0 Å². The fourth-order valence-electron chi connectivity index (χ4n) is 1.92. The monoisotopic (exact) mass is 270 g/mol. The van der Waals surface area contributed by atoms with E-state index in [2.05, 4.69) is 5.32 Å². The highest BCUT2D eigenvalue weighted by atomic mass is 16.3. The summed E-state index contributed by atoms with van der Waals surface area (Å²) >= 11 is 0. The Labute approximate surface area is 118 Å². The summed E-state index contributed by atoms with van der Waals surface area (Å²) in [4.78, 5) is 11.9. The molecule has 2 rings (SSSR count). The first-order chi connectivity index (χ1) is 9.69. The van der Waals surface area contributed by atoms with Gasteiger partial charge in [0.2, 0.25) is 5.91 Å². The summed E-state index contributed by atoms with van der Waals surface area (Å²) in [5.74, 6) is -0.127. The van der Waals surface area contributed by atoms with Crippen molar-refractivity contribution in [3.05, 3.63) is 65.7 Å². The highest BCUT2D eigenvalue weighted by molar-refractivity contribution is 5.91. The Bertz CT molecular complexity index is 552. The highest BCUT2D eigenvalue weighted by Gasteiger charge is 2.11. The van der Waals surface area contributed by atoms with E-state index in [1.165, 1.54) is 0 Å². The summed E-state index contributed by atoms with van der Waals surface area (Å²) in [6, 6.07) is 16.3. The van der Waals surface area contributed by atoms with Crippen molar-refractivity contribution in [3.8, 4) is 0 Å². The second-order valence-electron chi connectivity index (χ2n) is 4.62. The Morgan fingerprint density at radius 1 is 1.10 bits per heavy atom. The highest BCUT2D eigenvalue weighted by Crippen LogP contribution is 2.15. The van der Waals surface area contributed by atoms with Crippen molar-refractivity contribution in [2.75, 3.05) is 5.32 Å². The molecule has 4 heteroatoms. The van der Waals surface area contributed by atoms with Crippen LogP contribution in [0, 0.1) is 0 Å². The summed E-state index contributed by atoms with van der Waals surface area (Å²) in [5.41, 5.74) is 8.45. The molecule has 104 valence electrons. The fourth-order valence-corrected chi connectivity index (χ4v) is 1.92. The van der Waals surface area contributed by atoms with Crippen LogP contribution in [0.15, 0.2) is 54.6 Å². The van der Waals surface area contributed by atoms with E-state index in [0.717, 1.165) is 11.1 Å². The maximum Gasteiger partial charge on any atom is 0.226 e. The minimum absolute atomic E-state index is 0.00684. The smallest absolute Gasteiger partial charge is 0.226 e. The molecule has 0 fully saturated rings. The van der Waals surface area contributed by atoms with Crippen LogP contribution in [0.25, 0.3) is 0 Å². The first-order valence-corrected chi connectivity index (χ1v) is 6.49. The van der Waals surface area contributed by atoms with Crippen LogP contribution in [0.2, 0.25) is 0 Å². The molecule has 4 nitrogen and oxygen atoms in total. The number of hydrogen-bond donors (Lipinski definition) is 3. The van der Waals surface area contributed by atoms with Crippen molar-refractivity contribution in [2.24, 2.45) is 5.73 Å². The molecule has 20 heavy (non-hydrogen) atoms. The molecule has 0 saturated carbocycles. The minimum Gasteiger partial charge on any atom is -0.392 e. The Morgan fingerprint density at radius 2 is 1.75 bits per heavy atom. The van der Waals surface area contributed by atoms with Crippen molar-refractivity contribution in [2.45, 2.75) is 19.1 Å². The molecule has 0 aliphatic rings. The van der Waals surface area contributed by atoms with Crippen LogP contribution < -0.4 is 11.1 Å². The van der Waals surface area contributed by atoms with Gasteiger partial charge in [-0.05, 0) is 23.3 Å².